The number of esters is 1. The summed E-state index contributed by atoms with van der Waals surface area (Å²) in [5, 5.41) is 9.60. The monoisotopic (exact) mass is 465 g/mol. The lowest BCUT2D eigenvalue weighted by Gasteiger charge is -2.14. The van der Waals surface area contributed by atoms with E-state index < -0.39 is 23.7 Å². The molecule has 0 fully saturated rings. The van der Waals surface area contributed by atoms with Gasteiger partial charge < -0.3 is 10.1 Å². The number of hydrogen-bond acceptors (Lipinski definition) is 6. The van der Waals surface area contributed by atoms with Crippen LogP contribution in [0.1, 0.15) is 30.2 Å². The van der Waals surface area contributed by atoms with Crippen molar-refractivity contribution in [3.63, 3.8) is 0 Å². The number of halogens is 3. The second kappa shape index (κ2) is 8.61. The van der Waals surface area contributed by atoms with Crippen molar-refractivity contribution in [2.75, 3.05) is 18.5 Å². The number of hydrogen-bond donors (Lipinski definition) is 2. The van der Waals surface area contributed by atoms with Crippen LogP contribution in [0, 0.1) is 0 Å². The fraction of sp³-hybridized carbons (Fsp3) is 0.300. The zero-order valence-corrected chi connectivity index (χ0v) is 17.6. The van der Waals surface area contributed by atoms with Crippen molar-refractivity contribution in [2.45, 2.75) is 25.9 Å². The lowest BCUT2D eigenvalue weighted by atomic mass is 10.1. The van der Waals surface area contributed by atoms with E-state index >= 15 is 0 Å². The third-order valence-electron chi connectivity index (χ3n) is 4.69. The number of nitrogens with zero attached hydrogens (tertiary/aromatic N) is 3. The van der Waals surface area contributed by atoms with Crippen LogP contribution in [-0.4, -0.2) is 39.9 Å². The number of rotatable bonds is 6. The Labute approximate surface area is 184 Å². The fourth-order valence-electron chi connectivity index (χ4n) is 3.38. The Bertz CT molecular complexity index is 1170. The highest BCUT2D eigenvalue weighted by atomic mass is 32.1. The van der Waals surface area contributed by atoms with E-state index in [0.717, 1.165) is 23.0 Å². The number of carbonyl (C=O) groups is 2. The van der Waals surface area contributed by atoms with E-state index in [2.05, 4.69) is 20.7 Å². The normalized spacial score (nSPS) is 12.2. The molecule has 0 saturated heterocycles. The van der Waals surface area contributed by atoms with Gasteiger partial charge in [0.25, 0.3) is 0 Å². The molecule has 0 radical (unpaired) electrons. The molecule has 2 N–H and O–H groups in total. The first kappa shape index (κ1) is 21.8. The minimum absolute atomic E-state index is 0.0385. The standard InChI is InChI=1S/C20H18F3N5O3S/c1-2-31-15(29)7-8-24-18(30)27-19-26-13-9-11-10-25-28(16(11)17(13)32-19)14-6-4-3-5-12(14)20(21,22)23/h3-6,10H,2,7-9H2,1H3,(H2,24,26,27,30). The average Bonchev–Trinajstić information content (AvgIpc) is 3.38. The number of thiazole rings is 1. The van der Waals surface area contributed by atoms with Gasteiger partial charge in [-0.2, -0.15) is 18.3 Å². The van der Waals surface area contributed by atoms with Crippen LogP contribution in [-0.2, 0) is 22.1 Å². The molecule has 1 aliphatic carbocycles. The maximum atomic E-state index is 13.5. The van der Waals surface area contributed by atoms with Crippen molar-refractivity contribution in [2.24, 2.45) is 0 Å². The Hall–Kier alpha value is -3.41. The first-order valence-electron chi connectivity index (χ1n) is 9.72. The molecule has 2 aromatic heterocycles. The molecule has 3 aromatic rings. The van der Waals surface area contributed by atoms with Crippen LogP contribution in [0.25, 0.3) is 16.3 Å². The number of ether oxygens (including phenoxy) is 1. The van der Waals surface area contributed by atoms with Gasteiger partial charge in [-0.25, -0.2) is 14.5 Å². The predicted octanol–water partition coefficient (Wildman–Crippen LogP) is 3.99. The molecule has 4 rings (SSSR count). The van der Waals surface area contributed by atoms with Crippen LogP contribution in [0.3, 0.4) is 0 Å². The Morgan fingerprint density at radius 1 is 1.28 bits per heavy atom. The summed E-state index contributed by atoms with van der Waals surface area (Å²) in [4.78, 5) is 28.4. The number of anilines is 1. The number of amides is 2. The molecule has 0 atom stereocenters. The molecule has 2 heterocycles. The smallest absolute Gasteiger partial charge is 0.418 e. The second-order valence-corrected chi connectivity index (χ2v) is 7.85. The summed E-state index contributed by atoms with van der Waals surface area (Å²) in [6.07, 6.45) is -2.55. The van der Waals surface area contributed by atoms with Crippen LogP contribution in [0.2, 0.25) is 0 Å². The molecular weight excluding hydrogens is 447 g/mol. The quantitative estimate of drug-likeness (QED) is 0.420. The first-order chi connectivity index (χ1) is 15.3. The highest BCUT2D eigenvalue weighted by molar-refractivity contribution is 7.19. The van der Waals surface area contributed by atoms with Gasteiger partial charge in [0.05, 0.1) is 46.7 Å². The van der Waals surface area contributed by atoms with Gasteiger partial charge in [0.1, 0.15) is 0 Å². The van der Waals surface area contributed by atoms with E-state index in [1.807, 2.05) is 0 Å². The minimum atomic E-state index is -4.53. The maximum absolute atomic E-state index is 13.5. The Morgan fingerprint density at radius 3 is 2.81 bits per heavy atom. The van der Waals surface area contributed by atoms with Crippen LogP contribution in [0.5, 0.6) is 0 Å². The van der Waals surface area contributed by atoms with E-state index in [1.165, 1.54) is 29.1 Å². The molecule has 0 unspecified atom stereocenters. The number of aromatic nitrogens is 3. The van der Waals surface area contributed by atoms with Gasteiger partial charge in [-0.15, -0.1) is 0 Å². The molecule has 0 saturated carbocycles. The summed E-state index contributed by atoms with van der Waals surface area (Å²) in [7, 11) is 0. The van der Waals surface area contributed by atoms with Gasteiger partial charge in [-0.3, -0.25) is 10.1 Å². The molecule has 0 spiro atoms. The molecule has 32 heavy (non-hydrogen) atoms. The zero-order chi connectivity index (χ0) is 22.9. The number of carbonyl (C=O) groups excluding carboxylic acids is 2. The van der Waals surface area contributed by atoms with Crippen molar-refractivity contribution in [1.82, 2.24) is 20.1 Å². The van der Waals surface area contributed by atoms with E-state index in [4.69, 9.17) is 4.74 Å². The molecule has 0 bridgehead atoms. The zero-order valence-electron chi connectivity index (χ0n) is 16.8. The maximum Gasteiger partial charge on any atom is 0.418 e. The molecular formula is C20H18F3N5O3S. The average molecular weight is 465 g/mol. The van der Waals surface area contributed by atoms with Crippen molar-refractivity contribution in [3.05, 3.63) is 47.3 Å². The van der Waals surface area contributed by atoms with Crippen LogP contribution in [0.4, 0.5) is 23.1 Å². The number of alkyl halides is 3. The van der Waals surface area contributed by atoms with Crippen molar-refractivity contribution in [3.8, 4) is 16.3 Å². The minimum Gasteiger partial charge on any atom is -0.466 e. The fourth-order valence-corrected chi connectivity index (χ4v) is 4.42. The van der Waals surface area contributed by atoms with Gasteiger partial charge in [-0.1, -0.05) is 23.5 Å². The SMILES string of the molecule is CCOC(=O)CCNC(=O)Nc1nc2c(s1)-c1c(cnn1-c1ccccc1C(F)(F)F)C2. The summed E-state index contributed by atoms with van der Waals surface area (Å²) >= 11 is 1.15. The van der Waals surface area contributed by atoms with Crippen molar-refractivity contribution < 1.29 is 27.5 Å². The molecule has 168 valence electrons. The van der Waals surface area contributed by atoms with Crippen molar-refractivity contribution >= 4 is 28.5 Å². The van der Waals surface area contributed by atoms with Gasteiger partial charge >= 0.3 is 18.2 Å². The summed E-state index contributed by atoms with van der Waals surface area (Å²) in [6.45, 7) is 2.06. The van der Waals surface area contributed by atoms with Crippen LogP contribution < -0.4 is 10.6 Å². The molecule has 8 nitrogen and oxygen atoms in total. The van der Waals surface area contributed by atoms with Gasteiger partial charge in [0.2, 0.25) is 0 Å². The lowest BCUT2D eigenvalue weighted by Crippen LogP contribution is -2.30. The summed E-state index contributed by atoms with van der Waals surface area (Å²) in [5.41, 5.74) is 1.09. The molecule has 0 aliphatic heterocycles. The van der Waals surface area contributed by atoms with Gasteiger partial charge in [-0.05, 0) is 19.1 Å². The Balaban J connectivity index is 1.53. The molecule has 2 amide bonds. The number of nitrogens with one attached hydrogen (secondary N) is 2. The predicted molar refractivity (Wildman–Crippen MR) is 111 cm³/mol. The first-order valence-corrected chi connectivity index (χ1v) is 10.5. The second-order valence-electron chi connectivity index (χ2n) is 6.85. The van der Waals surface area contributed by atoms with Crippen LogP contribution in [0.15, 0.2) is 30.5 Å². The number of benzene rings is 1. The topological polar surface area (TPSA) is 98.1 Å². The molecule has 1 aromatic carbocycles. The molecule has 1 aliphatic rings. The lowest BCUT2D eigenvalue weighted by molar-refractivity contribution is -0.143. The van der Waals surface area contributed by atoms with E-state index in [-0.39, 0.29) is 25.3 Å². The Kier molecular flexibility index (Phi) is 5.87. The van der Waals surface area contributed by atoms with Gasteiger partial charge in [0.15, 0.2) is 5.13 Å². The van der Waals surface area contributed by atoms with Crippen LogP contribution >= 0.6 is 11.3 Å². The largest absolute Gasteiger partial charge is 0.466 e. The highest BCUT2D eigenvalue weighted by Crippen LogP contribution is 2.44. The van der Waals surface area contributed by atoms with Crippen molar-refractivity contribution in [1.29, 1.82) is 0 Å². The third-order valence-corrected chi connectivity index (χ3v) is 5.71. The highest BCUT2D eigenvalue weighted by Gasteiger charge is 2.36. The van der Waals surface area contributed by atoms with Gasteiger partial charge in [0, 0.05) is 18.5 Å². The molecule has 12 heteroatoms. The summed E-state index contributed by atoms with van der Waals surface area (Å²) < 4.78 is 46.5. The number of para-hydroxylation sites is 1. The summed E-state index contributed by atoms with van der Waals surface area (Å²) in [6, 6.07) is 4.69. The Morgan fingerprint density at radius 2 is 2.06 bits per heavy atom. The van der Waals surface area contributed by atoms with E-state index in [1.54, 1.807) is 6.92 Å². The summed E-state index contributed by atoms with van der Waals surface area (Å²) in [5.74, 6) is -0.416. The number of urea groups is 1. The third kappa shape index (κ3) is 4.31. The number of fused-ring (bicyclic) bond motifs is 3. The van der Waals surface area contributed by atoms with E-state index in [0.29, 0.717) is 27.8 Å². The van der Waals surface area contributed by atoms with E-state index in [9.17, 15) is 22.8 Å².